The molecule has 0 aliphatic heterocycles. The summed E-state index contributed by atoms with van der Waals surface area (Å²) >= 11 is 0. The summed E-state index contributed by atoms with van der Waals surface area (Å²) in [4.78, 5) is 0. The van der Waals surface area contributed by atoms with Gasteiger partial charge in [0.15, 0.2) is 0 Å². The second-order valence-electron chi connectivity index (χ2n) is 4.07. The lowest BCUT2D eigenvalue weighted by atomic mass is 10.1. The summed E-state index contributed by atoms with van der Waals surface area (Å²) in [5.41, 5.74) is 0. The molecule has 0 aliphatic carbocycles. The summed E-state index contributed by atoms with van der Waals surface area (Å²) in [5, 5.41) is 0. The van der Waals surface area contributed by atoms with Gasteiger partial charge in [0, 0.05) is 6.61 Å². The molecule has 1 unspecified atom stereocenters. The quantitative estimate of drug-likeness (QED) is 0.537. The smallest absolute Gasteiger partial charge is 0.378 e. The van der Waals surface area contributed by atoms with Gasteiger partial charge < -0.3 is 4.74 Å². The summed E-state index contributed by atoms with van der Waals surface area (Å²) in [6.45, 7) is 4.22. The Hall–Kier alpha value is -0.250. The van der Waals surface area contributed by atoms with E-state index in [2.05, 4.69) is 6.92 Å². The fourth-order valence-electron chi connectivity index (χ4n) is 1.43. The Morgan fingerprint density at radius 2 is 1.88 bits per heavy atom. The molecule has 0 bridgehead atoms. The van der Waals surface area contributed by atoms with E-state index in [1.54, 1.807) is 0 Å². The van der Waals surface area contributed by atoms with Gasteiger partial charge in [0.2, 0.25) is 0 Å². The monoisotopic (exact) mass is 239 g/mol. The van der Waals surface area contributed by atoms with Crippen molar-refractivity contribution in [2.45, 2.75) is 64.7 Å². The second kappa shape index (κ2) is 8.85. The van der Waals surface area contributed by atoms with Crippen LogP contribution in [0.5, 0.6) is 0 Å². The standard InChI is InChI=1S/C12H22F3O/c1-3-4-5-6-8-11(2)16-10-7-9-12(13,14)15/h9,11H,3-8,10H2,1-2H3. The SMILES string of the molecule is CCCCCCC(C)OCC[CH]C(F)(F)F. The third kappa shape index (κ3) is 11.8. The van der Waals surface area contributed by atoms with E-state index in [1.165, 1.54) is 19.3 Å². The van der Waals surface area contributed by atoms with E-state index < -0.39 is 6.18 Å². The minimum absolute atomic E-state index is 0.0528. The zero-order valence-corrected chi connectivity index (χ0v) is 10.1. The van der Waals surface area contributed by atoms with E-state index >= 15 is 0 Å². The first kappa shape index (κ1) is 15.8. The minimum atomic E-state index is -4.17. The van der Waals surface area contributed by atoms with Gasteiger partial charge in [-0.3, -0.25) is 0 Å². The molecule has 0 saturated heterocycles. The van der Waals surface area contributed by atoms with Crippen LogP contribution in [0, 0.1) is 6.42 Å². The van der Waals surface area contributed by atoms with Gasteiger partial charge in [-0.25, -0.2) is 0 Å². The Kier molecular flexibility index (Phi) is 8.71. The van der Waals surface area contributed by atoms with Crippen LogP contribution in [0.4, 0.5) is 13.2 Å². The van der Waals surface area contributed by atoms with Crippen LogP contribution < -0.4 is 0 Å². The van der Waals surface area contributed by atoms with Crippen LogP contribution in [-0.2, 0) is 4.74 Å². The van der Waals surface area contributed by atoms with Gasteiger partial charge in [0.05, 0.1) is 12.5 Å². The van der Waals surface area contributed by atoms with Gasteiger partial charge in [-0.2, -0.15) is 13.2 Å². The van der Waals surface area contributed by atoms with Crippen molar-refractivity contribution in [3.8, 4) is 0 Å². The molecular weight excluding hydrogens is 217 g/mol. The first-order valence-electron chi connectivity index (χ1n) is 5.98. The number of hydrogen-bond donors (Lipinski definition) is 0. The van der Waals surface area contributed by atoms with E-state index in [-0.39, 0.29) is 19.1 Å². The van der Waals surface area contributed by atoms with Crippen molar-refractivity contribution in [2.24, 2.45) is 0 Å². The molecule has 0 heterocycles. The molecule has 1 atom stereocenters. The topological polar surface area (TPSA) is 9.23 Å². The average Bonchev–Trinajstić information content (AvgIpc) is 2.18. The van der Waals surface area contributed by atoms with Crippen LogP contribution >= 0.6 is 0 Å². The summed E-state index contributed by atoms with van der Waals surface area (Å²) < 4.78 is 40.6. The lowest BCUT2D eigenvalue weighted by molar-refractivity contribution is -0.101. The molecule has 0 amide bonds. The number of halogens is 3. The van der Waals surface area contributed by atoms with Crippen LogP contribution in [0.15, 0.2) is 0 Å². The van der Waals surface area contributed by atoms with Crippen LogP contribution in [0.1, 0.15) is 52.4 Å². The predicted octanol–water partition coefficient (Wildman–Crippen LogP) is 4.52. The summed E-state index contributed by atoms with van der Waals surface area (Å²) in [6, 6.07) is 0. The molecule has 0 aromatic heterocycles. The molecule has 4 heteroatoms. The van der Waals surface area contributed by atoms with Crippen molar-refractivity contribution >= 4 is 0 Å². The Labute approximate surface area is 96.4 Å². The second-order valence-corrected chi connectivity index (χ2v) is 4.07. The maximum atomic E-state index is 11.8. The highest BCUT2D eigenvalue weighted by Crippen LogP contribution is 2.20. The summed E-state index contributed by atoms with van der Waals surface area (Å²) in [5.74, 6) is 0. The molecule has 0 N–H and O–H groups in total. The number of hydrogen-bond acceptors (Lipinski definition) is 1. The average molecular weight is 239 g/mol. The molecule has 0 fully saturated rings. The zero-order valence-electron chi connectivity index (χ0n) is 10.1. The molecular formula is C12H22F3O. The molecule has 0 aliphatic rings. The Balaban J connectivity index is 3.27. The van der Waals surface area contributed by atoms with Crippen molar-refractivity contribution in [3.05, 3.63) is 6.42 Å². The molecule has 1 nitrogen and oxygen atoms in total. The van der Waals surface area contributed by atoms with Gasteiger partial charge >= 0.3 is 6.18 Å². The highest BCUT2D eigenvalue weighted by Gasteiger charge is 2.26. The van der Waals surface area contributed by atoms with Crippen LogP contribution in [0.3, 0.4) is 0 Å². The first-order chi connectivity index (χ1) is 7.45. The van der Waals surface area contributed by atoms with Crippen molar-refractivity contribution in [2.75, 3.05) is 6.61 Å². The molecule has 16 heavy (non-hydrogen) atoms. The van der Waals surface area contributed by atoms with Crippen LogP contribution in [0.25, 0.3) is 0 Å². The zero-order chi connectivity index (χ0) is 12.4. The lowest BCUT2D eigenvalue weighted by Crippen LogP contribution is -2.13. The number of alkyl halides is 3. The van der Waals surface area contributed by atoms with Crippen molar-refractivity contribution in [1.29, 1.82) is 0 Å². The van der Waals surface area contributed by atoms with E-state index in [4.69, 9.17) is 4.74 Å². The largest absolute Gasteiger partial charge is 0.392 e. The lowest BCUT2D eigenvalue weighted by Gasteiger charge is -2.13. The molecule has 0 rings (SSSR count). The predicted molar refractivity (Wildman–Crippen MR) is 59.1 cm³/mol. The summed E-state index contributed by atoms with van der Waals surface area (Å²) in [7, 11) is 0. The molecule has 0 aromatic carbocycles. The van der Waals surface area contributed by atoms with Gasteiger partial charge in [-0.1, -0.05) is 32.6 Å². The molecule has 0 spiro atoms. The molecule has 1 radical (unpaired) electrons. The first-order valence-corrected chi connectivity index (χ1v) is 5.98. The minimum Gasteiger partial charge on any atom is -0.378 e. The van der Waals surface area contributed by atoms with Crippen molar-refractivity contribution in [1.82, 2.24) is 0 Å². The third-order valence-electron chi connectivity index (χ3n) is 2.36. The normalized spacial score (nSPS) is 14.1. The fourth-order valence-corrected chi connectivity index (χ4v) is 1.43. The Morgan fingerprint density at radius 3 is 2.44 bits per heavy atom. The molecule has 0 aromatic rings. The third-order valence-corrected chi connectivity index (χ3v) is 2.36. The maximum Gasteiger partial charge on any atom is 0.392 e. The van der Waals surface area contributed by atoms with Crippen molar-refractivity contribution < 1.29 is 17.9 Å². The number of unbranched alkanes of at least 4 members (excludes halogenated alkanes) is 3. The maximum absolute atomic E-state index is 11.8. The van der Waals surface area contributed by atoms with Gasteiger partial charge in [-0.05, 0) is 19.8 Å². The van der Waals surface area contributed by atoms with Crippen LogP contribution in [0.2, 0.25) is 0 Å². The van der Waals surface area contributed by atoms with E-state index in [0.29, 0.717) is 6.42 Å². The number of ether oxygens (including phenoxy) is 1. The highest BCUT2D eigenvalue weighted by molar-refractivity contribution is 4.73. The van der Waals surface area contributed by atoms with E-state index in [0.717, 1.165) is 12.8 Å². The van der Waals surface area contributed by atoms with E-state index in [1.807, 2.05) is 6.92 Å². The highest BCUT2D eigenvalue weighted by atomic mass is 19.4. The number of rotatable bonds is 9. The van der Waals surface area contributed by atoms with E-state index in [9.17, 15) is 13.2 Å². The van der Waals surface area contributed by atoms with Crippen molar-refractivity contribution in [3.63, 3.8) is 0 Å². The fraction of sp³-hybridized carbons (Fsp3) is 0.917. The van der Waals surface area contributed by atoms with Crippen LogP contribution in [-0.4, -0.2) is 18.9 Å². The Bertz CT molecular complexity index is 157. The summed E-state index contributed by atoms with van der Waals surface area (Å²) in [6.07, 6.45) is 1.80. The molecule has 97 valence electrons. The van der Waals surface area contributed by atoms with Gasteiger partial charge in [-0.15, -0.1) is 0 Å². The Morgan fingerprint density at radius 1 is 1.19 bits per heavy atom. The van der Waals surface area contributed by atoms with Gasteiger partial charge in [0.1, 0.15) is 0 Å². The molecule has 0 saturated carbocycles. The van der Waals surface area contributed by atoms with Gasteiger partial charge in [0.25, 0.3) is 0 Å².